The number of carbonyl (C=O) groups is 2. The average molecular weight is 398 g/mol. The molecule has 0 radical (unpaired) electrons. The number of benzene rings is 2. The predicted octanol–water partition coefficient (Wildman–Crippen LogP) is 3.39. The predicted molar refractivity (Wildman–Crippen MR) is 115 cm³/mol. The summed E-state index contributed by atoms with van der Waals surface area (Å²) in [7, 11) is 0. The van der Waals surface area contributed by atoms with E-state index >= 15 is 0 Å². The SMILES string of the molecule is CC(=O)Nc1ccc(SCC(=O)N2CCN(Cc3cccc(C)c3)CC2)cc1. The first-order valence-electron chi connectivity index (χ1n) is 9.56. The Morgan fingerprint density at radius 2 is 1.75 bits per heavy atom. The van der Waals surface area contributed by atoms with Crippen molar-refractivity contribution in [1.29, 1.82) is 0 Å². The highest BCUT2D eigenvalue weighted by molar-refractivity contribution is 8.00. The van der Waals surface area contributed by atoms with Gasteiger partial charge in [0.05, 0.1) is 5.75 Å². The second-order valence-corrected chi connectivity index (χ2v) is 8.19. The van der Waals surface area contributed by atoms with Crippen molar-refractivity contribution in [2.24, 2.45) is 0 Å². The van der Waals surface area contributed by atoms with E-state index in [-0.39, 0.29) is 11.8 Å². The molecule has 5 nitrogen and oxygen atoms in total. The summed E-state index contributed by atoms with van der Waals surface area (Å²) in [5, 5.41) is 2.75. The van der Waals surface area contributed by atoms with Crippen molar-refractivity contribution in [2.45, 2.75) is 25.3 Å². The van der Waals surface area contributed by atoms with Crippen LogP contribution in [0.1, 0.15) is 18.1 Å². The molecule has 0 saturated carbocycles. The second-order valence-electron chi connectivity index (χ2n) is 7.14. The molecule has 28 heavy (non-hydrogen) atoms. The van der Waals surface area contributed by atoms with Gasteiger partial charge in [0.1, 0.15) is 0 Å². The normalized spacial score (nSPS) is 14.7. The number of anilines is 1. The summed E-state index contributed by atoms with van der Waals surface area (Å²) in [6.45, 7) is 7.94. The Bertz CT molecular complexity index is 815. The van der Waals surface area contributed by atoms with E-state index in [1.54, 1.807) is 0 Å². The van der Waals surface area contributed by atoms with Crippen molar-refractivity contribution in [2.75, 3.05) is 37.2 Å². The monoisotopic (exact) mass is 397 g/mol. The van der Waals surface area contributed by atoms with Crippen LogP contribution in [0.25, 0.3) is 0 Å². The highest BCUT2D eigenvalue weighted by Gasteiger charge is 2.21. The quantitative estimate of drug-likeness (QED) is 0.759. The maximum Gasteiger partial charge on any atom is 0.233 e. The van der Waals surface area contributed by atoms with Crippen LogP contribution in [0.4, 0.5) is 5.69 Å². The Hall–Kier alpha value is -2.31. The zero-order valence-electron chi connectivity index (χ0n) is 16.5. The molecule has 0 atom stereocenters. The van der Waals surface area contributed by atoms with Gasteiger partial charge in [-0.3, -0.25) is 14.5 Å². The minimum atomic E-state index is -0.0860. The highest BCUT2D eigenvalue weighted by Crippen LogP contribution is 2.21. The summed E-state index contributed by atoms with van der Waals surface area (Å²) >= 11 is 1.54. The fourth-order valence-corrected chi connectivity index (χ4v) is 4.10. The first-order valence-corrected chi connectivity index (χ1v) is 10.5. The molecule has 1 aliphatic rings. The smallest absolute Gasteiger partial charge is 0.233 e. The first-order chi connectivity index (χ1) is 13.5. The minimum Gasteiger partial charge on any atom is -0.339 e. The summed E-state index contributed by atoms with van der Waals surface area (Å²) < 4.78 is 0. The third-order valence-corrected chi connectivity index (χ3v) is 5.75. The standard InChI is InChI=1S/C22H27N3O2S/c1-17-4-3-5-19(14-17)15-24-10-12-25(13-11-24)22(27)16-28-21-8-6-20(7-9-21)23-18(2)26/h3-9,14H,10-13,15-16H2,1-2H3,(H,23,26). The Morgan fingerprint density at radius 3 is 2.39 bits per heavy atom. The molecule has 2 aromatic rings. The van der Waals surface area contributed by atoms with E-state index in [1.165, 1.54) is 29.8 Å². The van der Waals surface area contributed by atoms with Crippen LogP contribution in [-0.2, 0) is 16.1 Å². The van der Waals surface area contributed by atoms with Gasteiger partial charge in [0.2, 0.25) is 11.8 Å². The van der Waals surface area contributed by atoms with Crippen molar-refractivity contribution in [3.05, 3.63) is 59.7 Å². The molecule has 0 unspecified atom stereocenters. The first kappa shape index (κ1) is 20.4. The molecule has 2 aromatic carbocycles. The highest BCUT2D eigenvalue weighted by atomic mass is 32.2. The number of nitrogens with one attached hydrogen (secondary N) is 1. The van der Waals surface area contributed by atoms with Gasteiger partial charge in [-0.15, -0.1) is 11.8 Å². The number of amides is 2. The van der Waals surface area contributed by atoms with Crippen LogP contribution in [0.5, 0.6) is 0 Å². The summed E-state index contributed by atoms with van der Waals surface area (Å²) in [6.07, 6.45) is 0. The number of aryl methyl sites for hydroxylation is 1. The molecule has 0 aliphatic carbocycles. The molecule has 2 amide bonds. The van der Waals surface area contributed by atoms with Gasteiger partial charge in [-0.05, 0) is 36.8 Å². The van der Waals surface area contributed by atoms with Crippen LogP contribution < -0.4 is 5.32 Å². The van der Waals surface area contributed by atoms with E-state index in [1.807, 2.05) is 29.2 Å². The lowest BCUT2D eigenvalue weighted by Gasteiger charge is -2.34. The van der Waals surface area contributed by atoms with Gasteiger partial charge in [0.15, 0.2) is 0 Å². The zero-order chi connectivity index (χ0) is 19.9. The molecule has 6 heteroatoms. The molecule has 0 aromatic heterocycles. The molecule has 1 saturated heterocycles. The summed E-state index contributed by atoms with van der Waals surface area (Å²) in [5.74, 6) is 0.542. The number of piperazine rings is 1. The summed E-state index contributed by atoms with van der Waals surface area (Å²) in [5.41, 5.74) is 3.39. The number of nitrogens with zero attached hydrogens (tertiary/aromatic N) is 2. The third-order valence-electron chi connectivity index (χ3n) is 4.75. The van der Waals surface area contributed by atoms with Crippen LogP contribution in [0.15, 0.2) is 53.4 Å². The van der Waals surface area contributed by atoms with Crippen LogP contribution in [0, 0.1) is 6.92 Å². The third kappa shape index (κ3) is 6.11. The van der Waals surface area contributed by atoms with Crippen molar-refractivity contribution in [1.82, 2.24) is 9.80 Å². The van der Waals surface area contributed by atoms with E-state index < -0.39 is 0 Å². The van der Waals surface area contributed by atoms with Gasteiger partial charge in [0, 0.05) is 50.2 Å². The maximum atomic E-state index is 12.5. The Kier molecular flexibility index (Phi) is 7.12. The molecule has 1 fully saturated rings. The molecule has 0 spiro atoms. The molecule has 0 bridgehead atoms. The van der Waals surface area contributed by atoms with E-state index in [9.17, 15) is 9.59 Å². The van der Waals surface area contributed by atoms with E-state index in [2.05, 4.69) is 41.4 Å². The Morgan fingerprint density at radius 1 is 1.04 bits per heavy atom. The minimum absolute atomic E-state index is 0.0860. The van der Waals surface area contributed by atoms with Gasteiger partial charge in [-0.25, -0.2) is 0 Å². The van der Waals surface area contributed by atoms with Crippen LogP contribution >= 0.6 is 11.8 Å². The lowest BCUT2D eigenvalue weighted by Crippen LogP contribution is -2.48. The van der Waals surface area contributed by atoms with Crippen molar-refractivity contribution < 1.29 is 9.59 Å². The second kappa shape index (κ2) is 9.75. The molecular weight excluding hydrogens is 370 g/mol. The molecule has 1 N–H and O–H groups in total. The number of carbonyl (C=O) groups excluding carboxylic acids is 2. The summed E-state index contributed by atoms with van der Waals surface area (Å²) in [4.78, 5) is 29.0. The molecule has 3 rings (SSSR count). The fraction of sp³-hybridized carbons (Fsp3) is 0.364. The number of rotatable bonds is 6. The lowest BCUT2D eigenvalue weighted by molar-refractivity contribution is -0.130. The lowest BCUT2D eigenvalue weighted by atomic mass is 10.1. The van der Waals surface area contributed by atoms with Crippen molar-refractivity contribution >= 4 is 29.3 Å². The number of thioether (sulfide) groups is 1. The maximum absolute atomic E-state index is 12.5. The molecule has 148 valence electrons. The molecular formula is C22H27N3O2S. The van der Waals surface area contributed by atoms with Gasteiger partial charge in [-0.2, -0.15) is 0 Å². The largest absolute Gasteiger partial charge is 0.339 e. The van der Waals surface area contributed by atoms with Crippen LogP contribution in [-0.4, -0.2) is 53.5 Å². The number of hydrogen-bond donors (Lipinski definition) is 1. The fourth-order valence-electron chi connectivity index (χ4n) is 3.30. The topological polar surface area (TPSA) is 52.7 Å². The molecule has 1 heterocycles. The van der Waals surface area contributed by atoms with E-state index in [4.69, 9.17) is 0 Å². The van der Waals surface area contributed by atoms with Crippen LogP contribution in [0.2, 0.25) is 0 Å². The Labute approximate surface area is 171 Å². The van der Waals surface area contributed by atoms with Gasteiger partial charge in [-0.1, -0.05) is 29.8 Å². The van der Waals surface area contributed by atoms with Gasteiger partial charge in [0.25, 0.3) is 0 Å². The van der Waals surface area contributed by atoms with Crippen molar-refractivity contribution in [3.63, 3.8) is 0 Å². The zero-order valence-corrected chi connectivity index (χ0v) is 17.3. The van der Waals surface area contributed by atoms with Gasteiger partial charge < -0.3 is 10.2 Å². The van der Waals surface area contributed by atoms with Crippen LogP contribution in [0.3, 0.4) is 0 Å². The number of hydrogen-bond acceptors (Lipinski definition) is 4. The summed E-state index contributed by atoms with van der Waals surface area (Å²) in [6, 6.07) is 16.2. The van der Waals surface area contributed by atoms with E-state index in [0.29, 0.717) is 5.75 Å². The van der Waals surface area contributed by atoms with E-state index in [0.717, 1.165) is 43.3 Å². The molecule has 1 aliphatic heterocycles. The van der Waals surface area contributed by atoms with Crippen molar-refractivity contribution in [3.8, 4) is 0 Å². The van der Waals surface area contributed by atoms with Gasteiger partial charge >= 0.3 is 0 Å². The average Bonchev–Trinajstić information content (AvgIpc) is 2.67. The Balaban J connectivity index is 1.42.